The fourth-order valence-corrected chi connectivity index (χ4v) is 2.87. The van der Waals surface area contributed by atoms with Crippen LogP contribution in [0.2, 0.25) is 0 Å². The number of nitrogens with zero attached hydrogens (tertiary/aromatic N) is 3. The Morgan fingerprint density at radius 3 is 2.62 bits per heavy atom. The molecule has 0 aliphatic heterocycles. The second-order valence-electron chi connectivity index (χ2n) is 5.37. The third kappa shape index (κ3) is 3.92. The third-order valence-electron chi connectivity index (χ3n) is 4.01. The number of nitrogens with one attached hydrogen (secondary N) is 1. The maximum atomic E-state index is 9.39. The van der Waals surface area contributed by atoms with Gasteiger partial charge in [-0.2, -0.15) is 10.4 Å². The minimum Gasteiger partial charge on any atom is -0.376 e. The molecule has 0 unspecified atom stereocenters. The molecule has 2 rings (SSSR count). The minimum absolute atomic E-state index is 0.419. The fraction of sp³-hybridized carbons (Fsp3) is 0.688. The number of anilines is 1. The lowest BCUT2D eigenvalue weighted by Gasteiger charge is -2.14. The molecule has 1 aromatic heterocycles. The van der Waals surface area contributed by atoms with Crippen LogP contribution in [-0.2, 0) is 17.6 Å². The van der Waals surface area contributed by atoms with Gasteiger partial charge in [-0.3, -0.25) is 0 Å². The van der Waals surface area contributed by atoms with Gasteiger partial charge in [0, 0.05) is 6.54 Å². The molecule has 1 aliphatic carbocycles. The highest BCUT2D eigenvalue weighted by Gasteiger charge is 2.16. The van der Waals surface area contributed by atoms with Crippen LogP contribution >= 0.6 is 0 Å². The van der Waals surface area contributed by atoms with Crippen molar-refractivity contribution in [1.29, 1.82) is 5.26 Å². The van der Waals surface area contributed by atoms with E-state index >= 15 is 0 Å². The highest BCUT2D eigenvalue weighted by molar-refractivity contribution is 5.56. The van der Waals surface area contributed by atoms with Crippen molar-refractivity contribution in [3.63, 3.8) is 0 Å². The van der Waals surface area contributed by atoms with Gasteiger partial charge in [0.15, 0.2) is 5.82 Å². The Kier molecular flexibility index (Phi) is 5.94. The first-order valence-corrected chi connectivity index (χ1v) is 7.94. The monoisotopic (exact) mass is 288 g/mol. The minimum atomic E-state index is 0.419. The van der Waals surface area contributed by atoms with Crippen LogP contribution < -0.4 is 5.32 Å². The molecule has 0 atom stereocenters. The van der Waals surface area contributed by atoms with E-state index in [-0.39, 0.29) is 0 Å². The third-order valence-corrected chi connectivity index (χ3v) is 4.01. The van der Waals surface area contributed by atoms with Gasteiger partial charge >= 0.3 is 0 Å². The average Bonchev–Trinajstić information content (AvgIpc) is 3.03. The molecule has 114 valence electrons. The van der Waals surface area contributed by atoms with E-state index in [1.807, 2.05) is 13.8 Å². The molecule has 0 spiro atoms. The standard InChI is InChI=1S/C16H24N4O/c1-3-13-14(11-17)16(20-19-15(13)4-2)18-9-10-21-12-7-5-6-8-12/h12H,3-10H2,1-2H3,(H,18,20). The van der Waals surface area contributed by atoms with Crippen molar-refractivity contribution < 1.29 is 4.74 Å². The van der Waals surface area contributed by atoms with Gasteiger partial charge < -0.3 is 10.1 Å². The summed E-state index contributed by atoms with van der Waals surface area (Å²) in [7, 11) is 0. The molecule has 1 fully saturated rings. The van der Waals surface area contributed by atoms with Crippen LogP contribution in [0.25, 0.3) is 0 Å². The number of rotatable bonds is 7. The molecule has 1 N–H and O–H groups in total. The van der Waals surface area contributed by atoms with E-state index in [0.717, 1.165) is 24.1 Å². The first-order chi connectivity index (χ1) is 10.3. The maximum Gasteiger partial charge on any atom is 0.167 e. The second kappa shape index (κ2) is 7.94. The van der Waals surface area contributed by atoms with Gasteiger partial charge in [0.1, 0.15) is 11.6 Å². The first-order valence-electron chi connectivity index (χ1n) is 7.94. The number of hydrogen-bond acceptors (Lipinski definition) is 5. The summed E-state index contributed by atoms with van der Waals surface area (Å²) < 4.78 is 5.81. The van der Waals surface area contributed by atoms with Crippen LogP contribution in [-0.4, -0.2) is 29.5 Å². The smallest absolute Gasteiger partial charge is 0.167 e. The van der Waals surface area contributed by atoms with Crippen LogP contribution in [0.15, 0.2) is 0 Å². The van der Waals surface area contributed by atoms with Crippen molar-refractivity contribution >= 4 is 5.82 Å². The lowest BCUT2D eigenvalue weighted by molar-refractivity contribution is 0.0658. The number of nitriles is 1. The van der Waals surface area contributed by atoms with Crippen molar-refractivity contribution in [1.82, 2.24) is 10.2 Å². The predicted molar refractivity (Wildman–Crippen MR) is 82.2 cm³/mol. The summed E-state index contributed by atoms with van der Waals surface area (Å²) in [5, 5.41) is 21.0. The molecule has 1 aliphatic rings. The summed E-state index contributed by atoms with van der Waals surface area (Å²) in [5.41, 5.74) is 2.56. The molecule has 0 radical (unpaired) electrons. The van der Waals surface area contributed by atoms with Crippen molar-refractivity contribution in [2.75, 3.05) is 18.5 Å². The Hall–Kier alpha value is -1.67. The van der Waals surface area contributed by atoms with E-state index in [4.69, 9.17) is 4.74 Å². The van der Waals surface area contributed by atoms with E-state index in [2.05, 4.69) is 21.6 Å². The van der Waals surface area contributed by atoms with Gasteiger partial charge in [0.2, 0.25) is 0 Å². The van der Waals surface area contributed by atoms with Crippen LogP contribution in [0.1, 0.15) is 56.4 Å². The Labute approximate surface area is 126 Å². The second-order valence-corrected chi connectivity index (χ2v) is 5.37. The summed E-state index contributed by atoms with van der Waals surface area (Å²) in [6, 6.07) is 2.27. The molecule has 0 amide bonds. The number of aryl methyl sites for hydroxylation is 1. The molecule has 0 aromatic carbocycles. The molecule has 1 heterocycles. The first kappa shape index (κ1) is 15.7. The largest absolute Gasteiger partial charge is 0.376 e. The molecule has 1 saturated carbocycles. The Morgan fingerprint density at radius 1 is 1.24 bits per heavy atom. The summed E-state index contributed by atoms with van der Waals surface area (Å²) >= 11 is 0. The maximum absolute atomic E-state index is 9.39. The summed E-state index contributed by atoms with van der Waals surface area (Å²) in [5.74, 6) is 0.585. The molecule has 0 saturated heterocycles. The van der Waals surface area contributed by atoms with E-state index in [0.29, 0.717) is 30.6 Å². The van der Waals surface area contributed by atoms with Crippen LogP contribution in [0, 0.1) is 11.3 Å². The highest BCUT2D eigenvalue weighted by Crippen LogP contribution is 2.21. The zero-order chi connectivity index (χ0) is 15.1. The van der Waals surface area contributed by atoms with Gasteiger partial charge in [0.25, 0.3) is 0 Å². The Bertz CT molecular complexity index is 504. The van der Waals surface area contributed by atoms with Crippen LogP contribution in [0.4, 0.5) is 5.82 Å². The van der Waals surface area contributed by atoms with E-state index < -0.39 is 0 Å². The predicted octanol–water partition coefficient (Wildman–Crippen LogP) is 2.84. The topological polar surface area (TPSA) is 70.8 Å². The molecular weight excluding hydrogens is 264 g/mol. The zero-order valence-corrected chi connectivity index (χ0v) is 13.0. The van der Waals surface area contributed by atoms with Gasteiger partial charge in [0.05, 0.1) is 18.4 Å². The van der Waals surface area contributed by atoms with Crippen molar-refractivity contribution in [3.8, 4) is 6.07 Å². The van der Waals surface area contributed by atoms with E-state index in [1.165, 1.54) is 25.7 Å². The quantitative estimate of drug-likeness (QED) is 0.781. The molecule has 0 bridgehead atoms. The molecule has 5 nitrogen and oxygen atoms in total. The Morgan fingerprint density at radius 2 is 2.00 bits per heavy atom. The number of ether oxygens (including phenoxy) is 1. The van der Waals surface area contributed by atoms with E-state index in [9.17, 15) is 5.26 Å². The molecule has 1 aromatic rings. The molecule has 5 heteroatoms. The van der Waals surface area contributed by atoms with Crippen LogP contribution in [0.3, 0.4) is 0 Å². The SMILES string of the molecule is CCc1nnc(NCCOC2CCCC2)c(C#N)c1CC. The van der Waals surface area contributed by atoms with Crippen molar-refractivity contribution in [2.45, 2.75) is 58.5 Å². The zero-order valence-electron chi connectivity index (χ0n) is 13.0. The Balaban J connectivity index is 1.94. The van der Waals surface area contributed by atoms with Crippen LogP contribution in [0.5, 0.6) is 0 Å². The molecule has 21 heavy (non-hydrogen) atoms. The fourth-order valence-electron chi connectivity index (χ4n) is 2.87. The van der Waals surface area contributed by atoms with Gasteiger partial charge in [-0.25, -0.2) is 0 Å². The lowest BCUT2D eigenvalue weighted by atomic mass is 10.0. The van der Waals surface area contributed by atoms with Crippen molar-refractivity contribution in [3.05, 3.63) is 16.8 Å². The normalized spacial score (nSPS) is 15.1. The summed E-state index contributed by atoms with van der Waals surface area (Å²) in [6.07, 6.45) is 6.93. The number of hydrogen-bond donors (Lipinski definition) is 1. The average molecular weight is 288 g/mol. The van der Waals surface area contributed by atoms with Crippen molar-refractivity contribution in [2.24, 2.45) is 0 Å². The highest BCUT2D eigenvalue weighted by atomic mass is 16.5. The molecular formula is C16H24N4O. The number of aromatic nitrogens is 2. The summed E-state index contributed by atoms with van der Waals surface area (Å²) in [6.45, 7) is 5.39. The lowest BCUT2D eigenvalue weighted by Crippen LogP contribution is -2.17. The van der Waals surface area contributed by atoms with Gasteiger partial charge in [-0.05, 0) is 31.2 Å². The van der Waals surface area contributed by atoms with Gasteiger partial charge in [-0.1, -0.05) is 26.7 Å². The van der Waals surface area contributed by atoms with Gasteiger partial charge in [-0.15, -0.1) is 5.10 Å². The van der Waals surface area contributed by atoms with E-state index in [1.54, 1.807) is 0 Å². The summed E-state index contributed by atoms with van der Waals surface area (Å²) in [4.78, 5) is 0.